The highest BCUT2D eigenvalue weighted by atomic mass is 32.2. The molecule has 2 heterocycles. The molecule has 1 aromatic carbocycles. The van der Waals surface area contributed by atoms with Gasteiger partial charge >= 0.3 is 0 Å². The Bertz CT molecular complexity index is 887. The Balaban J connectivity index is 1.36. The molecule has 4 rings (SSSR count). The molecule has 2 aromatic rings. The highest BCUT2D eigenvalue weighted by Crippen LogP contribution is 2.23. The summed E-state index contributed by atoms with van der Waals surface area (Å²) in [6.07, 6.45) is 6.73. The Hall–Kier alpha value is -2.34. The Morgan fingerprint density at radius 3 is 2.86 bits per heavy atom. The molecule has 6 heteroatoms. The van der Waals surface area contributed by atoms with E-state index in [4.69, 9.17) is 0 Å². The lowest BCUT2D eigenvalue weighted by Gasteiger charge is -2.37. The van der Waals surface area contributed by atoms with Crippen LogP contribution in [0.3, 0.4) is 0 Å². The van der Waals surface area contributed by atoms with Crippen LogP contribution in [0.15, 0.2) is 47.5 Å². The fraction of sp³-hybridized carbons (Fsp3) is 0.435. The Labute approximate surface area is 176 Å². The molecule has 1 fully saturated rings. The van der Waals surface area contributed by atoms with E-state index < -0.39 is 0 Å². The van der Waals surface area contributed by atoms with Crippen LogP contribution in [0.2, 0.25) is 0 Å². The third-order valence-electron chi connectivity index (χ3n) is 5.90. The molecule has 0 radical (unpaired) electrons. The Morgan fingerprint density at radius 1 is 1.21 bits per heavy atom. The number of amides is 2. The zero-order valence-electron chi connectivity index (χ0n) is 16.8. The molecular formula is C23H27N3O2S. The number of aryl methyl sites for hydroxylation is 2. The van der Waals surface area contributed by atoms with E-state index in [0.717, 1.165) is 49.2 Å². The van der Waals surface area contributed by atoms with E-state index in [-0.39, 0.29) is 17.9 Å². The van der Waals surface area contributed by atoms with Crippen LogP contribution in [0.1, 0.15) is 40.9 Å². The van der Waals surface area contributed by atoms with Crippen molar-refractivity contribution in [1.82, 2.24) is 14.8 Å². The molecule has 1 aromatic heterocycles. The molecule has 0 spiro atoms. The van der Waals surface area contributed by atoms with Gasteiger partial charge in [0, 0.05) is 43.0 Å². The molecule has 0 N–H and O–H groups in total. The monoisotopic (exact) mass is 409 g/mol. The second kappa shape index (κ2) is 8.99. The van der Waals surface area contributed by atoms with Crippen LogP contribution in [0, 0.1) is 0 Å². The number of carbonyl (C=O) groups is 2. The summed E-state index contributed by atoms with van der Waals surface area (Å²) in [5, 5.41) is 0. The molecule has 5 nitrogen and oxygen atoms in total. The van der Waals surface area contributed by atoms with Crippen molar-refractivity contribution in [3.05, 3.63) is 59.4 Å². The second-order valence-electron chi connectivity index (χ2n) is 7.84. The van der Waals surface area contributed by atoms with E-state index in [1.54, 1.807) is 18.0 Å². The van der Waals surface area contributed by atoms with Crippen molar-refractivity contribution < 1.29 is 9.59 Å². The lowest BCUT2D eigenvalue weighted by atomic mass is 10.0. The van der Waals surface area contributed by atoms with Crippen molar-refractivity contribution >= 4 is 23.6 Å². The molecule has 2 amide bonds. The molecule has 1 atom stereocenters. The molecule has 1 aliphatic carbocycles. The second-order valence-corrected chi connectivity index (χ2v) is 8.89. The molecule has 0 unspecified atom stereocenters. The first-order chi connectivity index (χ1) is 14.1. The lowest BCUT2D eigenvalue weighted by molar-refractivity contribution is -0.130. The predicted molar refractivity (Wildman–Crippen MR) is 115 cm³/mol. The van der Waals surface area contributed by atoms with E-state index in [9.17, 15) is 9.59 Å². The molecule has 0 saturated carbocycles. The number of pyridine rings is 1. The summed E-state index contributed by atoms with van der Waals surface area (Å²) in [7, 11) is 1.86. The van der Waals surface area contributed by atoms with E-state index >= 15 is 0 Å². The van der Waals surface area contributed by atoms with Gasteiger partial charge in [-0.3, -0.25) is 14.6 Å². The zero-order chi connectivity index (χ0) is 20.2. The third-order valence-corrected chi connectivity index (χ3v) is 6.89. The zero-order valence-corrected chi connectivity index (χ0v) is 17.7. The number of rotatable bonds is 5. The van der Waals surface area contributed by atoms with Crippen molar-refractivity contribution in [3.63, 3.8) is 0 Å². The quantitative estimate of drug-likeness (QED) is 0.710. The van der Waals surface area contributed by atoms with Gasteiger partial charge in [-0.05, 0) is 55.9 Å². The summed E-state index contributed by atoms with van der Waals surface area (Å²) < 4.78 is 0. The van der Waals surface area contributed by atoms with Crippen molar-refractivity contribution in [2.75, 3.05) is 25.9 Å². The SMILES string of the molecule is CN(C(=O)CSc1ccccc1)[C@H]1CCCN(C(=O)c2cnc3c(c2)CCC3)C1. The van der Waals surface area contributed by atoms with Crippen LogP contribution in [0.25, 0.3) is 0 Å². The molecular weight excluding hydrogens is 382 g/mol. The first-order valence-corrected chi connectivity index (χ1v) is 11.3. The van der Waals surface area contributed by atoms with Gasteiger partial charge in [0.15, 0.2) is 0 Å². The number of hydrogen-bond donors (Lipinski definition) is 0. The van der Waals surface area contributed by atoms with Crippen LogP contribution in [-0.2, 0) is 17.6 Å². The minimum absolute atomic E-state index is 0.0383. The van der Waals surface area contributed by atoms with E-state index in [1.165, 1.54) is 5.56 Å². The van der Waals surface area contributed by atoms with Crippen molar-refractivity contribution in [3.8, 4) is 0 Å². The van der Waals surface area contributed by atoms with Gasteiger partial charge in [0.1, 0.15) is 0 Å². The molecule has 1 saturated heterocycles. The number of nitrogens with zero attached hydrogens (tertiary/aromatic N) is 3. The first-order valence-electron chi connectivity index (χ1n) is 10.3. The van der Waals surface area contributed by atoms with Gasteiger partial charge in [-0.2, -0.15) is 0 Å². The van der Waals surface area contributed by atoms with Gasteiger partial charge < -0.3 is 9.80 Å². The number of fused-ring (bicyclic) bond motifs is 1. The topological polar surface area (TPSA) is 53.5 Å². The fourth-order valence-electron chi connectivity index (χ4n) is 4.15. The van der Waals surface area contributed by atoms with E-state index in [2.05, 4.69) is 4.98 Å². The average molecular weight is 410 g/mol. The van der Waals surface area contributed by atoms with E-state index in [1.807, 2.05) is 53.2 Å². The smallest absolute Gasteiger partial charge is 0.255 e. The van der Waals surface area contributed by atoms with Crippen molar-refractivity contribution in [2.24, 2.45) is 0 Å². The number of benzene rings is 1. The van der Waals surface area contributed by atoms with Crippen molar-refractivity contribution in [2.45, 2.75) is 43.0 Å². The number of aromatic nitrogens is 1. The predicted octanol–water partition coefficient (Wildman–Crippen LogP) is 3.43. The summed E-state index contributed by atoms with van der Waals surface area (Å²) in [5.74, 6) is 0.563. The summed E-state index contributed by atoms with van der Waals surface area (Å²) >= 11 is 1.56. The number of piperidine rings is 1. The lowest BCUT2D eigenvalue weighted by Crippen LogP contribution is -2.50. The molecule has 29 heavy (non-hydrogen) atoms. The maximum Gasteiger partial charge on any atom is 0.255 e. The summed E-state index contributed by atoms with van der Waals surface area (Å²) in [6.45, 7) is 1.33. The number of thioether (sulfide) groups is 1. The molecule has 152 valence electrons. The number of carbonyl (C=O) groups excluding carboxylic acids is 2. The van der Waals surface area contributed by atoms with Crippen LogP contribution in [-0.4, -0.2) is 58.5 Å². The summed E-state index contributed by atoms with van der Waals surface area (Å²) in [4.78, 5) is 35.0. The highest BCUT2D eigenvalue weighted by Gasteiger charge is 2.29. The third kappa shape index (κ3) is 4.64. The molecule has 2 aliphatic rings. The molecule has 1 aliphatic heterocycles. The van der Waals surface area contributed by atoms with Gasteiger partial charge in [-0.15, -0.1) is 11.8 Å². The summed E-state index contributed by atoms with van der Waals surface area (Å²) in [5.41, 5.74) is 3.04. The number of likely N-dealkylation sites (tertiary alicyclic amines) is 1. The fourth-order valence-corrected chi connectivity index (χ4v) is 4.99. The van der Waals surface area contributed by atoms with Crippen LogP contribution in [0.4, 0.5) is 0 Å². The van der Waals surface area contributed by atoms with Gasteiger partial charge in [-0.25, -0.2) is 0 Å². The van der Waals surface area contributed by atoms with Gasteiger partial charge in [0.2, 0.25) is 5.91 Å². The maximum absolute atomic E-state index is 13.0. The standard InChI is InChI=1S/C23H27N3O2S/c1-25(22(27)16-29-20-9-3-2-4-10-20)19-8-6-12-26(15-19)23(28)18-13-17-7-5-11-21(17)24-14-18/h2-4,9-10,13-14,19H,5-8,11-12,15-16H2,1H3/t19-/m0/s1. The first kappa shape index (κ1) is 20.0. The van der Waals surface area contributed by atoms with Crippen LogP contribution in [0.5, 0.6) is 0 Å². The van der Waals surface area contributed by atoms with Gasteiger partial charge in [0.25, 0.3) is 5.91 Å². The van der Waals surface area contributed by atoms with Gasteiger partial charge in [-0.1, -0.05) is 18.2 Å². The molecule has 0 bridgehead atoms. The largest absolute Gasteiger partial charge is 0.340 e. The van der Waals surface area contributed by atoms with E-state index in [0.29, 0.717) is 17.9 Å². The minimum atomic E-state index is 0.0383. The van der Waals surface area contributed by atoms with Crippen LogP contribution < -0.4 is 0 Å². The van der Waals surface area contributed by atoms with Crippen molar-refractivity contribution in [1.29, 1.82) is 0 Å². The van der Waals surface area contributed by atoms with Crippen LogP contribution >= 0.6 is 11.8 Å². The number of hydrogen-bond acceptors (Lipinski definition) is 4. The highest BCUT2D eigenvalue weighted by molar-refractivity contribution is 8.00. The average Bonchev–Trinajstić information content (AvgIpc) is 3.25. The Kier molecular flexibility index (Phi) is 6.19. The maximum atomic E-state index is 13.0. The Morgan fingerprint density at radius 2 is 2.03 bits per heavy atom. The minimum Gasteiger partial charge on any atom is -0.340 e. The summed E-state index contributed by atoms with van der Waals surface area (Å²) in [6, 6.07) is 12.1. The normalized spacial score (nSPS) is 18.4. The van der Waals surface area contributed by atoms with Gasteiger partial charge in [0.05, 0.1) is 11.3 Å². The number of likely N-dealkylation sites (N-methyl/N-ethyl adjacent to an activating group) is 1.